The summed E-state index contributed by atoms with van der Waals surface area (Å²) in [6, 6.07) is 9.40. The van der Waals surface area contributed by atoms with Crippen LogP contribution in [0, 0.1) is 23.7 Å². The zero-order chi connectivity index (χ0) is 49.0. The number of aliphatic hydroxyl groups excluding tert-OH is 6. The molecule has 0 saturated carbocycles. The van der Waals surface area contributed by atoms with Gasteiger partial charge in [0, 0.05) is 0 Å². The van der Waals surface area contributed by atoms with Crippen molar-refractivity contribution in [2.45, 2.75) is 49.1 Å². The Hall–Kier alpha value is -7.69. The second-order valence-electron chi connectivity index (χ2n) is 15.5. The molecule has 354 valence electrons. The second kappa shape index (κ2) is 18.4. The molecule has 0 spiro atoms. The Labute approximate surface area is 392 Å². The molecule has 0 unspecified atom stereocenters. The molecule has 2 saturated heterocycles. The molecule has 4 aliphatic rings. The fraction of sp³-hybridized carbons (Fsp3) is 0.302. The Morgan fingerprint density at radius 1 is 0.652 bits per heavy atom. The van der Waals surface area contributed by atoms with Crippen LogP contribution in [0.2, 0.25) is 5.02 Å². The number of ether oxygens (including phenoxy) is 3. The van der Waals surface area contributed by atoms with E-state index in [9.17, 15) is 49.8 Å². The van der Waals surface area contributed by atoms with Gasteiger partial charge in [0.05, 0.1) is 73.3 Å². The molecule has 0 radical (unpaired) electrons. The van der Waals surface area contributed by atoms with Crippen LogP contribution in [-0.4, -0.2) is 173 Å². The van der Waals surface area contributed by atoms with Gasteiger partial charge in [-0.3, -0.25) is 38.1 Å². The lowest BCUT2D eigenvalue weighted by molar-refractivity contribution is -0.0511. The Morgan fingerprint density at radius 3 is 1.54 bits per heavy atom. The van der Waals surface area contributed by atoms with Gasteiger partial charge in [0.2, 0.25) is 11.6 Å². The largest absolute Gasteiger partial charge is 0.496 e. The van der Waals surface area contributed by atoms with E-state index in [-0.39, 0.29) is 86.0 Å². The number of aliphatic hydroxyl groups is 6. The third-order valence-corrected chi connectivity index (χ3v) is 11.8. The van der Waals surface area contributed by atoms with Gasteiger partial charge in [-0.25, -0.2) is 29.9 Å². The number of imide groups is 2. The van der Waals surface area contributed by atoms with Gasteiger partial charge in [0.25, 0.3) is 23.6 Å². The summed E-state index contributed by atoms with van der Waals surface area (Å²) in [5.41, 5.74) is 13.5. The van der Waals surface area contributed by atoms with E-state index < -0.39 is 85.9 Å². The number of hydrogen-bond donors (Lipinski definition) is 8. The van der Waals surface area contributed by atoms with Crippen molar-refractivity contribution in [1.82, 2.24) is 48.8 Å². The van der Waals surface area contributed by atoms with Crippen molar-refractivity contribution in [3.63, 3.8) is 0 Å². The Kier molecular flexibility index (Phi) is 12.4. The molecular weight excluding hydrogens is 928 g/mol. The maximum Gasteiger partial charge on any atom is 0.266 e. The van der Waals surface area contributed by atoms with Gasteiger partial charge in [0.1, 0.15) is 53.4 Å². The van der Waals surface area contributed by atoms with Crippen LogP contribution in [0.4, 0.5) is 11.6 Å². The van der Waals surface area contributed by atoms with Gasteiger partial charge in [-0.15, -0.1) is 0 Å². The first-order valence-corrected chi connectivity index (χ1v) is 21.0. The predicted molar refractivity (Wildman–Crippen MR) is 234 cm³/mol. The highest BCUT2D eigenvalue weighted by molar-refractivity contribution is 6.37. The second-order valence-corrected chi connectivity index (χ2v) is 15.9. The van der Waals surface area contributed by atoms with Crippen LogP contribution < -0.4 is 16.2 Å². The molecule has 8 heterocycles. The van der Waals surface area contributed by atoms with E-state index in [2.05, 4.69) is 53.6 Å². The van der Waals surface area contributed by atoms with Crippen LogP contribution in [0.5, 0.6) is 5.75 Å². The van der Waals surface area contributed by atoms with Gasteiger partial charge >= 0.3 is 0 Å². The van der Waals surface area contributed by atoms with Gasteiger partial charge < -0.3 is 56.3 Å². The smallest absolute Gasteiger partial charge is 0.266 e. The average Bonchev–Trinajstić information content (AvgIpc) is 4.18. The number of rotatable bonds is 7. The van der Waals surface area contributed by atoms with Crippen LogP contribution in [0.3, 0.4) is 0 Å². The molecule has 4 aliphatic heterocycles. The number of nitrogens with two attached hydrogens (primary N) is 2. The molecule has 10 N–H and O–H groups in total. The number of aromatic nitrogens is 8. The van der Waals surface area contributed by atoms with Crippen molar-refractivity contribution in [3.8, 4) is 29.4 Å². The zero-order valence-electron chi connectivity index (χ0n) is 35.6. The molecule has 69 heavy (non-hydrogen) atoms. The van der Waals surface area contributed by atoms with Crippen molar-refractivity contribution >= 4 is 69.2 Å². The first-order chi connectivity index (χ1) is 33.2. The van der Waals surface area contributed by atoms with Crippen LogP contribution in [0.25, 0.3) is 22.3 Å². The monoisotopic (exact) mass is 964 g/mol. The van der Waals surface area contributed by atoms with Crippen LogP contribution in [0.1, 0.15) is 65.5 Å². The minimum absolute atomic E-state index is 0.00676. The minimum atomic E-state index is -1.35. The molecule has 8 atom stereocenters. The first kappa shape index (κ1) is 46.4. The Bertz CT molecular complexity index is 3230. The molecule has 10 rings (SSSR count). The fourth-order valence-electron chi connectivity index (χ4n) is 8.03. The topological polar surface area (TPSA) is 363 Å². The predicted octanol–water partition coefficient (Wildman–Crippen LogP) is -2.00. The number of amides is 4. The number of carbonyl (C=O) groups excluding carboxylic acids is 4. The third kappa shape index (κ3) is 7.98. The average molecular weight is 965 g/mol. The number of hydrogen-bond acceptors (Lipinski definition) is 21. The SMILES string of the molecule is COc1cccc2c1C(=O)N(CC#Cc1nc(N)c3ncn([C@@H]4O[C@H](CO)[C@@H](O)[C@H]4O)c3n1)C2=O.Nc1nc(C#CCN2C(=O)c3cccc(Cl)c3C2=O)nc2c1ncn2[C@@H]1O[C@H](CO)[C@@H](O)[C@H]1O. The maximum atomic E-state index is 12.7. The summed E-state index contributed by atoms with van der Waals surface area (Å²) >= 11 is 6.06. The van der Waals surface area contributed by atoms with E-state index in [1.807, 2.05) is 0 Å². The lowest BCUT2D eigenvalue weighted by atomic mass is 10.1. The number of halogens is 1. The van der Waals surface area contributed by atoms with Crippen LogP contribution in [-0.2, 0) is 9.47 Å². The van der Waals surface area contributed by atoms with Gasteiger partial charge in [-0.1, -0.05) is 35.6 Å². The fourth-order valence-corrected chi connectivity index (χ4v) is 8.28. The van der Waals surface area contributed by atoms with Crippen LogP contribution >= 0.6 is 11.6 Å². The highest BCUT2D eigenvalue weighted by Crippen LogP contribution is 2.35. The number of nitrogens with zero attached hydrogens (tertiary/aromatic N) is 10. The molecule has 2 fully saturated rings. The van der Waals surface area contributed by atoms with Gasteiger partial charge in [-0.2, -0.15) is 0 Å². The summed E-state index contributed by atoms with van der Waals surface area (Å²) in [4.78, 5) is 77.5. The standard InChI is InChI=1S/C22H20N6O7.C21H17ClN6O6/c1-34-11-5-2-4-10-14(11)21(33)27(20(10)32)7-3-6-13-25-18(23)15-19(26-13)28(9-24-15)22-17(31)16(30)12(8-29)35-22;22-10-4-1-3-9-13(10)20(33)27(19(9)32)6-2-5-12-25-17(23)14-18(26-12)28(8-24-14)21-16(31)15(30)11(7-29)34-21/h2,4-5,9,12,16-17,22,29-31H,7-8H2,1H3,(H2,23,25,26);1,3-4,8,11,15-16,21,29-31H,6-7H2,(H2,23,25,26)/t12-,16-,17-,22-;11-,15-,16-,21-/m11/s1. The highest BCUT2D eigenvalue weighted by Gasteiger charge is 2.45. The number of nitrogen functional groups attached to an aromatic ring is 2. The van der Waals surface area contributed by atoms with Crippen molar-refractivity contribution in [1.29, 1.82) is 0 Å². The van der Waals surface area contributed by atoms with Crippen molar-refractivity contribution < 1.29 is 64.0 Å². The van der Waals surface area contributed by atoms with Crippen molar-refractivity contribution in [2.24, 2.45) is 0 Å². The summed E-state index contributed by atoms with van der Waals surface area (Å²) in [6.07, 6.45) is -6.78. The third-order valence-electron chi connectivity index (χ3n) is 11.5. The molecule has 6 aromatic rings. The summed E-state index contributed by atoms with van der Waals surface area (Å²) in [7, 11) is 1.42. The molecular formula is C43H37ClN12O13. The quantitative estimate of drug-likeness (QED) is 0.0633. The number of carbonyl (C=O) groups is 4. The molecule has 4 aromatic heterocycles. The normalized spacial score (nSPS) is 23.7. The lowest BCUT2D eigenvalue weighted by Crippen LogP contribution is -2.33. The number of methoxy groups -OCH3 is 1. The first-order valence-electron chi connectivity index (χ1n) is 20.6. The van der Waals surface area contributed by atoms with E-state index in [0.29, 0.717) is 5.75 Å². The molecule has 0 bridgehead atoms. The molecule has 26 heteroatoms. The summed E-state index contributed by atoms with van der Waals surface area (Å²) in [5.74, 6) is 8.98. The molecule has 25 nitrogen and oxygen atoms in total. The molecule has 2 aromatic carbocycles. The molecule has 0 aliphatic carbocycles. The zero-order valence-corrected chi connectivity index (χ0v) is 36.4. The number of benzene rings is 2. The highest BCUT2D eigenvalue weighted by atomic mass is 35.5. The van der Waals surface area contributed by atoms with E-state index in [0.717, 1.165) is 9.80 Å². The van der Waals surface area contributed by atoms with E-state index >= 15 is 0 Å². The van der Waals surface area contributed by atoms with Gasteiger partial charge in [0.15, 0.2) is 35.4 Å². The minimum Gasteiger partial charge on any atom is -0.496 e. The Balaban J connectivity index is 0.000000172. The number of fused-ring (bicyclic) bond motifs is 4. The van der Waals surface area contributed by atoms with Crippen molar-refractivity contribution in [2.75, 3.05) is 44.9 Å². The maximum absolute atomic E-state index is 12.7. The number of anilines is 2. The lowest BCUT2D eigenvalue weighted by Gasteiger charge is -2.16. The van der Waals surface area contributed by atoms with Gasteiger partial charge in [-0.05, 0) is 36.1 Å². The summed E-state index contributed by atoms with van der Waals surface area (Å²) in [6.45, 7) is -1.42. The molecule has 4 amide bonds. The van der Waals surface area contributed by atoms with E-state index in [1.165, 1.54) is 41.0 Å². The Morgan fingerprint density at radius 2 is 1.10 bits per heavy atom. The van der Waals surface area contributed by atoms with E-state index in [1.54, 1.807) is 24.3 Å². The summed E-state index contributed by atoms with van der Waals surface area (Å²) < 4.78 is 19.0. The summed E-state index contributed by atoms with van der Waals surface area (Å²) in [5, 5.41) is 59.6. The van der Waals surface area contributed by atoms with Crippen molar-refractivity contribution in [3.05, 3.63) is 88.0 Å². The number of imidazole rings is 2. The van der Waals surface area contributed by atoms with Crippen LogP contribution in [0.15, 0.2) is 49.1 Å². The van der Waals surface area contributed by atoms with E-state index in [4.69, 9.17) is 37.3 Å².